The minimum atomic E-state index is -1.47. The Bertz CT molecular complexity index is 2840. The molecule has 67 heavy (non-hydrogen) atoms. The van der Waals surface area contributed by atoms with Crippen molar-refractivity contribution < 1.29 is 42.9 Å². The molecule has 2 unspecified atom stereocenters. The Morgan fingerprint density at radius 1 is 0.627 bits per heavy atom. The molecule has 2 atom stereocenters. The number of ether oxygens (including phenoxy) is 4. The van der Waals surface area contributed by atoms with Crippen LogP contribution in [0, 0.1) is 5.41 Å². The SMILES string of the molecule is COc1ccc(CC(NC(=O)C(CC(=O)OCc2ccccc2)NC(=O)c2ccc3c(c2)nc(-c2ccc(C(=N)NC(=O)OCc4ccccc4)cc2)n3C)C(=O)OCc2ccccc2)cc1. The van der Waals surface area contributed by atoms with Gasteiger partial charge in [-0.1, -0.05) is 127 Å². The number of imidazole rings is 1. The standard InChI is InChI=1S/C52H48N6O9/c1-58-45-27-24-40(29-42(45)54-48(58)39-22-20-38(21-23-39)47(53)57-52(63)67-33-37-16-10-5-11-17-37)49(60)55-43(30-46(59)65-31-35-12-6-3-7-13-35)50(61)56-44(28-34-18-25-41(64-2)26-19-34)51(62)66-32-36-14-8-4-9-15-36/h3-27,29,43-44H,28,30-33H2,1-2H3,(H,55,60)(H,56,61)(H2,53,57,63). The first kappa shape index (κ1) is 46.4. The van der Waals surface area contributed by atoms with Gasteiger partial charge >= 0.3 is 18.0 Å². The number of aromatic nitrogens is 2. The molecule has 15 nitrogen and oxygen atoms in total. The maximum Gasteiger partial charge on any atom is 0.413 e. The van der Waals surface area contributed by atoms with Crippen LogP contribution in [0.2, 0.25) is 0 Å². The minimum absolute atomic E-state index is 0.0348. The van der Waals surface area contributed by atoms with Gasteiger partial charge in [0, 0.05) is 30.2 Å². The minimum Gasteiger partial charge on any atom is -0.497 e. The largest absolute Gasteiger partial charge is 0.497 e. The molecular formula is C52H48N6O9. The molecule has 0 bridgehead atoms. The molecule has 0 spiro atoms. The number of nitrogens with zero attached hydrogens (tertiary/aromatic N) is 2. The highest BCUT2D eigenvalue weighted by Crippen LogP contribution is 2.25. The number of esters is 2. The third-order valence-electron chi connectivity index (χ3n) is 10.7. The zero-order valence-corrected chi connectivity index (χ0v) is 36.8. The fourth-order valence-electron chi connectivity index (χ4n) is 7.03. The quantitative estimate of drug-likeness (QED) is 0.0296. The molecule has 15 heteroatoms. The molecule has 7 rings (SSSR count). The summed E-state index contributed by atoms with van der Waals surface area (Å²) in [6.45, 7) is -0.0343. The van der Waals surface area contributed by atoms with Crippen molar-refractivity contribution in [2.24, 2.45) is 7.05 Å². The van der Waals surface area contributed by atoms with E-state index in [1.807, 2.05) is 66.2 Å². The molecule has 0 saturated carbocycles. The highest BCUT2D eigenvalue weighted by molar-refractivity contribution is 6.05. The molecule has 0 aliphatic heterocycles. The second-order valence-corrected chi connectivity index (χ2v) is 15.4. The van der Waals surface area contributed by atoms with Gasteiger partial charge in [0.1, 0.15) is 49.3 Å². The molecule has 0 aliphatic carbocycles. The summed E-state index contributed by atoms with van der Waals surface area (Å²) in [5, 5.41) is 16.3. The lowest BCUT2D eigenvalue weighted by Gasteiger charge is -2.23. The van der Waals surface area contributed by atoms with Gasteiger partial charge < -0.3 is 34.1 Å². The molecule has 0 aliphatic rings. The number of benzene rings is 6. The average Bonchev–Trinajstić information content (AvgIpc) is 3.70. The van der Waals surface area contributed by atoms with Crippen molar-refractivity contribution in [2.45, 2.75) is 44.7 Å². The maximum absolute atomic E-state index is 14.2. The first-order chi connectivity index (χ1) is 32.5. The van der Waals surface area contributed by atoms with Crippen molar-refractivity contribution in [3.05, 3.63) is 191 Å². The van der Waals surface area contributed by atoms with Crippen molar-refractivity contribution >= 4 is 46.7 Å². The summed E-state index contributed by atoms with van der Waals surface area (Å²) in [7, 11) is 3.36. The van der Waals surface area contributed by atoms with Crippen LogP contribution in [0.15, 0.2) is 158 Å². The number of amidine groups is 1. The van der Waals surface area contributed by atoms with Gasteiger partial charge in [0.25, 0.3) is 5.91 Å². The first-order valence-corrected chi connectivity index (χ1v) is 21.3. The Morgan fingerprint density at radius 2 is 1.19 bits per heavy atom. The number of carbonyl (C=O) groups is 5. The topological polar surface area (TPSA) is 200 Å². The molecular weight excluding hydrogens is 853 g/mol. The van der Waals surface area contributed by atoms with Crippen LogP contribution >= 0.6 is 0 Å². The Labute approximate surface area is 386 Å². The summed E-state index contributed by atoms with van der Waals surface area (Å²) < 4.78 is 23.5. The van der Waals surface area contributed by atoms with E-state index in [2.05, 4.69) is 16.0 Å². The molecule has 3 amide bonds. The van der Waals surface area contributed by atoms with E-state index >= 15 is 0 Å². The lowest BCUT2D eigenvalue weighted by molar-refractivity contribution is -0.149. The normalized spacial score (nSPS) is 11.7. The van der Waals surface area contributed by atoms with E-state index in [0.717, 1.165) is 16.7 Å². The van der Waals surface area contributed by atoms with Crippen LogP contribution < -0.4 is 20.7 Å². The predicted octanol–water partition coefficient (Wildman–Crippen LogP) is 7.20. The summed E-state index contributed by atoms with van der Waals surface area (Å²) in [5.41, 5.74) is 5.44. The molecule has 6 aromatic carbocycles. The highest BCUT2D eigenvalue weighted by Gasteiger charge is 2.31. The third kappa shape index (κ3) is 12.8. The van der Waals surface area contributed by atoms with Gasteiger partial charge in [0.2, 0.25) is 5.91 Å². The molecule has 0 radical (unpaired) electrons. The van der Waals surface area contributed by atoms with Crippen LogP contribution in [-0.2, 0) is 61.9 Å². The monoisotopic (exact) mass is 900 g/mol. The average molecular weight is 901 g/mol. The van der Waals surface area contributed by atoms with Crippen LogP contribution in [0.25, 0.3) is 22.4 Å². The van der Waals surface area contributed by atoms with Crippen molar-refractivity contribution in [1.29, 1.82) is 5.41 Å². The Morgan fingerprint density at radius 3 is 1.79 bits per heavy atom. The van der Waals surface area contributed by atoms with Gasteiger partial charge in [-0.15, -0.1) is 0 Å². The zero-order chi connectivity index (χ0) is 47.1. The number of alkyl carbamates (subject to hydrolysis) is 1. The van der Waals surface area contributed by atoms with Gasteiger partial charge in [-0.3, -0.25) is 25.1 Å². The number of aryl methyl sites for hydroxylation is 1. The highest BCUT2D eigenvalue weighted by atomic mass is 16.5. The van der Waals surface area contributed by atoms with E-state index in [4.69, 9.17) is 29.3 Å². The molecule has 1 heterocycles. The van der Waals surface area contributed by atoms with Crippen LogP contribution in [-0.4, -0.2) is 64.4 Å². The fourth-order valence-corrected chi connectivity index (χ4v) is 7.03. The number of amides is 3. The van der Waals surface area contributed by atoms with Crippen LogP contribution in [0.4, 0.5) is 4.79 Å². The van der Waals surface area contributed by atoms with Crippen molar-refractivity contribution in [1.82, 2.24) is 25.5 Å². The van der Waals surface area contributed by atoms with Gasteiger partial charge in [-0.2, -0.15) is 0 Å². The van der Waals surface area contributed by atoms with Crippen LogP contribution in [0.5, 0.6) is 5.75 Å². The number of hydrogen-bond donors (Lipinski definition) is 4. The third-order valence-corrected chi connectivity index (χ3v) is 10.7. The van der Waals surface area contributed by atoms with Crippen LogP contribution in [0.1, 0.15) is 44.6 Å². The van der Waals surface area contributed by atoms with E-state index < -0.39 is 48.4 Å². The lowest BCUT2D eigenvalue weighted by atomic mass is 10.0. The summed E-state index contributed by atoms with van der Waals surface area (Å²) in [5.74, 6) is -1.94. The Hall–Kier alpha value is -8.59. The summed E-state index contributed by atoms with van der Waals surface area (Å²) in [6, 6.07) is 43.3. The van der Waals surface area contributed by atoms with Gasteiger partial charge in [-0.25, -0.2) is 14.6 Å². The van der Waals surface area contributed by atoms with E-state index in [1.165, 1.54) is 7.11 Å². The van der Waals surface area contributed by atoms with E-state index in [9.17, 15) is 24.0 Å². The number of carbonyl (C=O) groups excluding carboxylic acids is 5. The van der Waals surface area contributed by atoms with Crippen LogP contribution in [0.3, 0.4) is 0 Å². The predicted molar refractivity (Wildman–Crippen MR) is 250 cm³/mol. The van der Waals surface area contributed by atoms with Gasteiger partial charge in [-0.05, 0) is 52.6 Å². The number of methoxy groups -OCH3 is 1. The number of hydrogen-bond acceptors (Lipinski definition) is 11. The summed E-state index contributed by atoms with van der Waals surface area (Å²) >= 11 is 0. The molecule has 7 aromatic rings. The molecule has 340 valence electrons. The Kier molecular flexibility index (Phi) is 15.5. The lowest BCUT2D eigenvalue weighted by Crippen LogP contribution is -2.53. The molecule has 0 fully saturated rings. The van der Waals surface area contributed by atoms with E-state index in [1.54, 1.807) is 103 Å². The second-order valence-electron chi connectivity index (χ2n) is 15.4. The first-order valence-electron chi connectivity index (χ1n) is 21.3. The van der Waals surface area contributed by atoms with Gasteiger partial charge in [0.05, 0.1) is 24.6 Å². The number of fused-ring (bicyclic) bond motifs is 1. The van der Waals surface area contributed by atoms with Gasteiger partial charge in [0.15, 0.2) is 0 Å². The van der Waals surface area contributed by atoms with Crippen molar-refractivity contribution in [2.75, 3.05) is 7.11 Å². The number of nitrogens with one attached hydrogen (secondary N) is 4. The summed E-state index contributed by atoms with van der Waals surface area (Å²) in [4.78, 5) is 72.3. The fraction of sp³-hybridized carbons (Fsp3) is 0.173. The second kappa shape index (κ2) is 22.3. The van der Waals surface area contributed by atoms with Crippen molar-refractivity contribution in [3.8, 4) is 17.1 Å². The van der Waals surface area contributed by atoms with Crippen molar-refractivity contribution in [3.63, 3.8) is 0 Å². The maximum atomic E-state index is 14.2. The molecule has 4 N–H and O–H groups in total. The summed E-state index contributed by atoms with van der Waals surface area (Å²) in [6.07, 6.45) is -1.27. The smallest absolute Gasteiger partial charge is 0.413 e. The van der Waals surface area contributed by atoms with E-state index in [0.29, 0.717) is 39.3 Å². The van der Waals surface area contributed by atoms with E-state index in [-0.39, 0.29) is 37.6 Å². The zero-order valence-electron chi connectivity index (χ0n) is 36.8. The molecule has 0 saturated heterocycles. The number of rotatable bonds is 18. The Balaban J connectivity index is 1.06. The molecule has 1 aromatic heterocycles.